The number of benzene rings is 2. The number of nitrogens with zero attached hydrogens (tertiary/aromatic N) is 2. The minimum absolute atomic E-state index is 0.0555. The van der Waals surface area contributed by atoms with Crippen LogP contribution >= 0.6 is 0 Å². The minimum atomic E-state index is -0.349. The highest BCUT2D eigenvalue weighted by molar-refractivity contribution is 5.93. The van der Waals surface area contributed by atoms with Crippen LogP contribution in [0, 0.1) is 17.2 Å². The van der Waals surface area contributed by atoms with E-state index in [4.69, 9.17) is 0 Å². The standard InChI is InChI=1S/C21H19N3O2/c1-13(2)11-14-7-9-15(10-8-14)19(25)17(12-22)20-23-18-6-4-3-5-16(18)21(26)24-20/h3-10,13,25H,11H2,1-2H3,(H,23,24,26). The van der Waals surface area contributed by atoms with Gasteiger partial charge < -0.3 is 10.1 Å². The fraction of sp³-hybridized carbons (Fsp3) is 0.190. The van der Waals surface area contributed by atoms with Gasteiger partial charge in [-0.2, -0.15) is 5.26 Å². The molecule has 0 bridgehead atoms. The third-order valence-electron chi connectivity index (χ3n) is 4.07. The number of aromatic amines is 1. The summed E-state index contributed by atoms with van der Waals surface area (Å²) in [5.41, 5.74) is 1.72. The van der Waals surface area contributed by atoms with Crippen molar-refractivity contribution >= 4 is 22.2 Å². The van der Waals surface area contributed by atoms with Gasteiger partial charge in [0.15, 0.2) is 5.82 Å². The largest absolute Gasteiger partial charge is 0.506 e. The lowest BCUT2D eigenvalue weighted by atomic mass is 10.0. The maximum Gasteiger partial charge on any atom is 0.259 e. The molecule has 5 heteroatoms. The molecule has 0 unspecified atom stereocenters. The highest BCUT2D eigenvalue weighted by atomic mass is 16.3. The summed E-state index contributed by atoms with van der Waals surface area (Å²) >= 11 is 0. The molecule has 0 amide bonds. The number of aliphatic hydroxyl groups excluding tert-OH is 1. The van der Waals surface area contributed by atoms with Crippen molar-refractivity contribution in [3.05, 3.63) is 75.8 Å². The van der Waals surface area contributed by atoms with Crippen molar-refractivity contribution in [2.45, 2.75) is 20.3 Å². The zero-order valence-corrected chi connectivity index (χ0v) is 14.7. The molecule has 2 N–H and O–H groups in total. The highest BCUT2D eigenvalue weighted by Gasteiger charge is 2.14. The maximum absolute atomic E-state index is 12.2. The van der Waals surface area contributed by atoms with Crippen LogP contribution in [0.2, 0.25) is 0 Å². The first-order valence-electron chi connectivity index (χ1n) is 8.41. The lowest BCUT2D eigenvalue weighted by molar-refractivity contribution is 0.513. The molecule has 130 valence electrons. The Hall–Kier alpha value is -3.39. The van der Waals surface area contributed by atoms with Gasteiger partial charge in [0.2, 0.25) is 0 Å². The molecule has 1 heterocycles. The number of fused-ring (bicyclic) bond motifs is 1. The maximum atomic E-state index is 12.2. The van der Waals surface area contributed by atoms with E-state index in [-0.39, 0.29) is 22.7 Å². The monoisotopic (exact) mass is 345 g/mol. The number of nitriles is 1. The average molecular weight is 345 g/mol. The number of nitrogens with one attached hydrogen (secondary N) is 1. The second-order valence-corrected chi connectivity index (χ2v) is 6.56. The molecule has 0 fully saturated rings. The van der Waals surface area contributed by atoms with E-state index in [9.17, 15) is 15.2 Å². The Balaban J connectivity index is 2.07. The van der Waals surface area contributed by atoms with E-state index in [1.165, 1.54) is 0 Å². The van der Waals surface area contributed by atoms with Gasteiger partial charge in [-0.3, -0.25) is 4.79 Å². The number of hydrogen-bond acceptors (Lipinski definition) is 4. The summed E-state index contributed by atoms with van der Waals surface area (Å²) < 4.78 is 0. The fourth-order valence-electron chi connectivity index (χ4n) is 2.84. The minimum Gasteiger partial charge on any atom is -0.506 e. The SMILES string of the molecule is CC(C)Cc1ccc(C(O)=C(C#N)c2nc3ccccc3c(=O)[nH]2)cc1. The van der Waals surface area contributed by atoms with E-state index in [0.717, 1.165) is 12.0 Å². The quantitative estimate of drug-likeness (QED) is 0.551. The Bertz CT molecular complexity index is 1070. The third kappa shape index (κ3) is 3.50. The number of aliphatic hydroxyl groups is 1. The molecule has 5 nitrogen and oxygen atoms in total. The molecule has 0 atom stereocenters. The number of H-pyrrole nitrogens is 1. The topological polar surface area (TPSA) is 89.8 Å². The van der Waals surface area contributed by atoms with E-state index in [1.807, 2.05) is 18.2 Å². The summed E-state index contributed by atoms with van der Waals surface area (Å²) in [4.78, 5) is 19.1. The molecule has 2 aromatic carbocycles. The first kappa shape index (κ1) is 17.4. The number of rotatable bonds is 4. The van der Waals surface area contributed by atoms with Crippen molar-refractivity contribution in [3.8, 4) is 6.07 Å². The number of para-hydroxylation sites is 1. The van der Waals surface area contributed by atoms with E-state index in [2.05, 4.69) is 23.8 Å². The van der Waals surface area contributed by atoms with Gasteiger partial charge >= 0.3 is 0 Å². The number of allylic oxidation sites excluding steroid dienone is 1. The first-order chi connectivity index (χ1) is 12.5. The molecule has 0 aliphatic heterocycles. The molecular weight excluding hydrogens is 326 g/mol. The van der Waals surface area contributed by atoms with E-state index < -0.39 is 0 Å². The van der Waals surface area contributed by atoms with Crippen molar-refractivity contribution in [1.82, 2.24) is 9.97 Å². The van der Waals surface area contributed by atoms with Gasteiger partial charge in [-0.1, -0.05) is 50.2 Å². The Kier molecular flexibility index (Phi) is 4.85. The number of aromatic nitrogens is 2. The summed E-state index contributed by atoms with van der Waals surface area (Å²) in [7, 11) is 0. The van der Waals surface area contributed by atoms with E-state index >= 15 is 0 Å². The fourth-order valence-corrected chi connectivity index (χ4v) is 2.84. The Labute approximate surface area is 151 Å². The second-order valence-electron chi connectivity index (χ2n) is 6.56. The van der Waals surface area contributed by atoms with Crippen molar-refractivity contribution in [2.75, 3.05) is 0 Å². The zero-order valence-electron chi connectivity index (χ0n) is 14.7. The first-order valence-corrected chi connectivity index (χ1v) is 8.41. The van der Waals surface area contributed by atoms with E-state index in [1.54, 1.807) is 36.4 Å². The molecule has 0 aliphatic rings. The van der Waals surface area contributed by atoms with Gasteiger partial charge in [0, 0.05) is 5.56 Å². The number of hydrogen-bond donors (Lipinski definition) is 2. The van der Waals surface area contributed by atoms with Gasteiger partial charge in [-0.15, -0.1) is 0 Å². The molecule has 3 rings (SSSR count). The van der Waals surface area contributed by atoms with Crippen molar-refractivity contribution in [3.63, 3.8) is 0 Å². The predicted molar refractivity (Wildman–Crippen MR) is 102 cm³/mol. The Morgan fingerprint density at radius 3 is 2.54 bits per heavy atom. The second kappa shape index (κ2) is 7.24. The van der Waals surface area contributed by atoms with Gasteiger partial charge in [0.1, 0.15) is 17.4 Å². The molecule has 26 heavy (non-hydrogen) atoms. The Morgan fingerprint density at radius 2 is 1.88 bits per heavy atom. The summed E-state index contributed by atoms with van der Waals surface area (Å²) in [6, 6.07) is 16.2. The molecular formula is C21H19N3O2. The lowest BCUT2D eigenvalue weighted by Gasteiger charge is -2.08. The van der Waals surface area contributed by atoms with Crippen LogP contribution in [0.25, 0.3) is 22.2 Å². The van der Waals surface area contributed by atoms with Crippen LogP contribution in [0.4, 0.5) is 0 Å². The molecule has 1 aromatic heterocycles. The van der Waals surface area contributed by atoms with Crippen molar-refractivity contribution in [1.29, 1.82) is 5.26 Å². The molecule has 0 spiro atoms. The molecule has 0 aliphatic carbocycles. The molecule has 0 saturated carbocycles. The molecule has 0 radical (unpaired) electrons. The van der Waals surface area contributed by atoms with Crippen molar-refractivity contribution < 1.29 is 5.11 Å². The van der Waals surface area contributed by atoms with Crippen LogP contribution in [0.3, 0.4) is 0 Å². The third-order valence-corrected chi connectivity index (χ3v) is 4.07. The van der Waals surface area contributed by atoms with Crippen LogP contribution in [0.1, 0.15) is 30.8 Å². The van der Waals surface area contributed by atoms with Crippen LogP contribution < -0.4 is 5.56 Å². The lowest BCUT2D eigenvalue weighted by Crippen LogP contribution is -2.11. The van der Waals surface area contributed by atoms with Crippen LogP contribution in [0.15, 0.2) is 53.3 Å². The summed E-state index contributed by atoms with van der Waals surface area (Å²) in [6.07, 6.45) is 0.940. The van der Waals surface area contributed by atoms with E-state index in [0.29, 0.717) is 22.4 Å². The van der Waals surface area contributed by atoms with Crippen LogP contribution in [-0.2, 0) is 6.42 Å². The smallest absolute Gasteiger partial charge is 0.259 e. The molecule has 3 aromatic rings. The van der Waals surface area contributed by atoms with Gasteiger partial charge in [-0.05, 0) is 30.0 Å². The highest BCUT2D eigenvalue weighted by Crippen LogP contribution is 2.23. The summed E-state index contributed by atoms with van der Waals surface area (Å²) in [5.74, 6) is 0.383. The summed E-state index contributed by atoms with van der Waals surface area (Å²) in [6.45, 7) is 4.28. The molecule has 0 saturated heterocycles. The van der Waals surface area contributed by atoms with Crippen LogP contribution in [0.5, 0.6) is 0 Å². The zero-order chi connectivity index (χ0) is 18.7. The summed E-state index contributed by atoms with van der Waals surface area (Å²) in [5, 5.41) is 20.5. The normalized spacial score (nSPS) is 12.1. The average Bonchev–Trinajstić information content (AvgIpc) is 2.62. The van der Waals surface area contributed by atoms with Gasteiger partial charge in [0.05, 0.1) is 10.9 Å². The Morgan fingerprint density at radius 1 is 1.19 bits per heavy atom. The van der Waals surface area contributed by atoms with Gasteiger partial charge in [-0.25, -0.2) is 4.98 Å². The van der Waals surface area contributed by atoms with Crippen LogP contribution in [-0.4, -0.2) is 15.1 Å². The van der Waals surface area contributed by atoms with Gasteiger partial charge in [0.25, 0.3) is 5.56 Å². The van der Waals surface area contributed by atoms with Crippen molar-refractivity contribution in [2.24, 2.45) is 5.92 Å². The predicted octanol–water partition coefficient (Wildman–Crippen LogP) is 4.07.